The van der Waals surface area contributed by atoms with Crippen LogP contribution in [0.4, 0.5) is 17.1 Å². The van der Waals surface area contributed by atoms with Gasteiger partial charge in [0.2, 0.25) is 0 Å². The number of nitrogens with zero attached hydrogens (tertiary/aromatic N) is 3. The highest BCUT2D eigenvalue weighted by Crippen LogP contribution is 2.30. The van der Waals surface area contributed by atoms with E-state index in [2.05, 4.69) is 4.90 Å². The molecular weight excluding hydrogens is 446 g/mol. The van der Waals surface area contributed by atoms with Crippen molar-refractivity contribution in [3.8, 4) is 0 Å². The number of carbonyl (C=O) groups excluding carboxylic acids is 2. The minimum absolute atomic E-state index is 0.0560. The number of ether oxygens (including phenoxy) is 1. The van der Waals surface area contributed by atoms with Crippen molar-refractivity contribution >= 4 is 52.3 Å². The van der Waals surface area contributed by atoms with E-state index < -0.39 is 11.8 Å². The Morgan fingerprint density at radius 1 is 0.676 bits per heavy atom. The molecule has 3 aromatic carbocycles. The van der Waals surface area contributed by atoms with Gasteiger partial charge >= 0.3 is 0 Å². The van der Waals surface area contributed by atoms with Gasteiger partial charge in [0, 0.05) is 18.8 Å². The molecule has 0 radical (unpaired) electrons. The molecule has 5 rings (SSSR count). The minimum atomic E-state index is -0.439. The number of morpholine rings is 1. The summed E-state index contributed by atoms with van der Waals surface area (Å²) < 4.78 is 5.42. The van der Waals surface area contributed by atoms with Crippen molar-refractivity contribution in [3.05, 3.63) is 96.1 Å². The van der Waals surface area contributed by atoms with Crippen LogP contribution in [-0.2, 0) is 14.3 Å². The van der Waals surface area contributed by atoms with Crippen LogP contribution in [-0.4, -0.2) is 43.2 Å². The molecule has 170 valence electrons. The van der Waals surface area contributed by atoms with Crippen LogP contribution in [0.2, 0.25) is 0 Å². The van der Waals surface area contributed by atoms with E-state index in [1.165, 1.54) is 9.80 Å². The molecular formula is C27H23N3O3S. The average Bonchev–Trinajstić information content (AvgIpc) is 2.89. The summed E-state index contributed by atoms with van der Waals surface area (Å²) in [4.78, 5) is 32.2. The minimum Gasteiger partial charge on any atom is -0.378 e. The van der Waals surface area contributed by atoms with Gasteiger partial charge < -0.3 is 9.64 Å². The summed E-state index contributed by atoms with van der Waals surface area (Å²) in [6.45, 7) is 3.10. The maximum absolute atomic E-state index is 13.5. The molecule has 0 aromatic heterocycles. The Morgan fingerprint density at radius 2 is 1.18 bits per heavy atom. The van der Waals surface area contributed by atoms with Gasteiger partial charge in [0.1, 0.15) is 5.57 Å². The van der Waals surface area contributed by atoms with Gasteiger partial charge in [-0.25, -0.2) is 0 Å². The van der Waals surface area contributed by atoms with Crippen molar-refractivity contribution in [2.24, 2.45) is 0 Å². The molecule has 2 heterocycles. The molecule has 34 heavy (non-hydrogen) atoms. The second-order valence-corrected chi connectivity index (χ2v) is 8.35. The summed E-state index contributed by atoms with van der Waals surface area (Å²) in [5.41, 5.74) is 3.13. The molecule has 2 amide bonds. The van der Waals surface area contributed by atoms with Gasteiger partial charge in [-0.3, -0.25) is 19.4 Å². The molecule has 7 heteroatoms. The largest absolute Gasteiger partial charge is 0.378 e. The number of benzene rings is 3. The van der Waals surface area contributed by atoms with Crippen LogP contribution in [0.5, 0.6) is 0 Å². The molecule has 0 unspecified atom stereocenters. The van der Waals surface area contributed by atoms with Crippen molar-refractivity contribution in [1.29, 1.82) is 0 Å². The monoisotopic (exact) mass is 469 g/mol. The fourth-order valence-electron chi connectivity index (χ4n) is 4.11. The highest BCUT2D eigenvalue weighted by Gasteiger charge is 2.41. The summed E-state index contributed by atoms with van der Waals surface area (Å²) in [6, 6.07) is 26.1. The normalized spacial score (nSPS) is 16.8. The lowest BCUT2D eigenvalue weighted by atomic mass is 10.0. The topological polar surface area (TPSA) is 53.1 Å². The van der Waals surface area contributed by atoms with Crippen LogP contribution in [0.15, 0.2) is 90.5 Å². The maximum atomic E-state index is 13.5. The van der Waals surface area contributed by atoms with E-state index in [4.69, 9.17) is 17.0 Å². The van der Waals surface area contributed by atoms with Gasteiger partial charge in [0.05, 0.1) is 24.6 Å². The molecule has 6 nitrogen and oxygen atoms in total. The molecule has 2 fully saturated rings. The lowest BCUT2D eigenvalue weighted by Gasteiger charge is -2.36. The Bertz CT molecular complexity index is 1170. The standard InChI is InChI=1S/C27H23N3O3S/c31-25-24(19-20-11-13-21(14-12-20)28-15-17-33-18-16-28)26(32)30(23-9-5-2-6-10-23)27(34)29(25)22-7-3-1-4-8-22/h1-14,19H,15-18H2. The zero-order chi connectivity index (χ0) is 23.5. The second kappa shape index (κ2) is 9.59. The van der Waals surface area contributed by atoms with E-state index >= 15 is 0 Å². The molecule has 2 aliphatic heterocycles. The Morgan fingerprint density at radius 3 is 1.68 bits per heavy atom. The van der Waals surface area contributed by atoms with E-state index in [9.17, 15) is 9.59 Å². The molecule has 0 saturated carbocycles. The van der Waals surface area contributed by atoms with Gasteiger partial charge in [-0.1, -0.05) is 48.5 Å². The first-order valence-corrected chi connectivity index (χ1v) is 11.5. The van der Waals surface area contributed by atoms with Gasteiger partial charge in [-0.2, -0.15) is 0 Å². The Hall–Kier alpha value is -3.81. The van der Waals surface area contributed by atoms with Gasteiger partial charge in [0.15, 0.2) is 5.11 Å². The number of thiocarbonyl (C=S) groups is 1. The van der Waals surface area contributed by atoms with Gasteiger partial charge in [-0.15, -0.1) is 0 Å². The van der Waals surface area contributed by atoms with Crippen molar-refractivity contribution < 1.29 is 14.3 Å². The molecule has 0 bridgehead atoms. The first kappa shape index (κ1) is 22.0. The van der Waals surface area contributed by atoms with Crippen LogP contribution in [0.1, 0.15) is 5.56 Å². The highest BCUT2D eigenvalue weighted by molar-refractivity contribution is 7.81. The fourth-order valence-corrected chi connectivity index (χ4v) is 4.49. The number of hydrogen-bond donors (Lipinski definition) is 0. The number of carbonyl (C=O) groups is 2. The summed E-state index contributed by atoms with van der Waals surface area (Å²) in [5.74, 6) is -0.878. The smallest absolute Gasteiger partial charge is 0.270 e. The first-order chi connectivity index (χ1) is 16.6. The van der Waals surface area contributed by atoms with E-state index in [0.29, 0.717) is 24.6 Å². The quantitative estimate of drug-likeness (QED) is 0.325. The molecule has 3 aromatic rings. The van der Waals surface area contributed by atoms with Crippen LogP contribution >= 0.6 is 12.2 Å². The molecule has 2 saturated heterocycles. The maximum Gasteiger partial charge on any atom is 0.270 e. The van der Waals surface area contributed by atoms with Crippen LogP contribution < -0.4 is 14.7 Å². The summed E-state index contributed by atoms with van der Waals surface area (Å²) in [5, 5.41) is 0.132. The number of anilines is 3. The second-order valence-electron chi connectivity index (χ2n) is 7.98. The molecule has 0 atom stereocenters. The van der Waals surface area contributed by atoms with Gasteiger partial charge in [-0.05, 0) is 60.3 Å². The third-order valence-corrected chi connectivity index (χ3v) is 6.22. The molecule has 0 aliphatic carbocycles. The van der Waals surface area contributed by atoms with E-state index in [0.717, 1.165) is 24.3 Å². The highest BCUT2D eigenvalue weighted by atomic mass is 32.1. The SMILES string of the molecule is O=C1C(=Cc2ccc(N3CCOCC3)cc2)C(=O)N(c2ccccc2)C(=S)N1c1ccccc1. The lowest BCUT2D eigenvalue weighted by molar-refractivity contribution is -0.120. The van der Waals surface area contributed by atoms with E-state index in [1.54, 1.807) is 30.3 Å². The van der Waals surface area contributed by atoms with Crippen molar-refractivity contribution in [2.45, 2.75) is 0 Å². The summed E-state index contributed by atoms with van der Waals surface area (Å²) in [7, 11) is 0. The molecule has 0 spiro atoms. The third-order valence-electron chi connectivity index (χ3n) is 5.86. The fraction of sp³-hybridized carbons (Fsp3) is 0.148. The Labute approximate surface area is 203 Å². The Kier molecular flexibility index (Phi) is 6.20. The number of hydrogen-bond acceptors (Lipinski definition) is 5. The van der Waals surface area contributed by atoms with E-state index in [-0.39, 0.29) is 10.7 Å². The zero-order valence-electron chi connectivity index (χ0n) is 18.5. The summed E-state index contributed by atoms with van der Waals surface area (Å²) in [6.07, 6.45) is 1.64. The predicted octanol–water partition coefficient (Wildman–Crippen LogP) is 4.27. The third kappa shape index (κ3) is 4.23. The molecule has 0 N–H and O–H groups in total. The average molecular weight is 470 g/mol. The van der Waals surface area contributed by atoms with Crippen LogP contribution in [0.3, 0.4) is 0 Å². The molecule has 2 aliphatic rings. The van der Waals surface area contributed by atoms with Crippen LogP contribution in [0.25, 0.3) is 6.08 Å². The van der Waals surface area contributed by atoms with Crippen LogP contribution in [0, 0.1) is 0 Å². The number of amides is 2. The summed E-state index contributed by atoms with van der Waals surface area (Å²) >= 11 is 5.64. The number of rotatable bonds is 4. The first-order valence-electron chi connectivity index (χ1n) is 11.1. The number of para-hydroxylation sites is 2. The Balaban J connectivity index is 1.53. The lowest BCUT2D eigenvalue weighted by Crippen LogP contribution is -2.56. The van der Waals surface area contributed by atoms with Crippen molar-refractivity contribution in [1.82, 2.24) is 0 Å². The van der Waals surface area contributed by atoms with Crippen molar-refractivity contribution in [3.63, 3.8) is 0 Å². The van der Waals surface area contributed by atoms with Crippen molar-refractivity contribution in [2.75, 3.05) is 41.0 Å². The zero-order valence-corrected chi connectivity index (χ0v) is 19.3. The van der Waals surface area contributed by atoms with E-state index in [1.807, 2.05) is 60.7 Å². The predicted molar refractivity (Wildman–Crippen MR) is 138 cm³/mol. The van der Waals surface area contributed by atoms with Gasteiger partial charge in [0.25, 0.3) is 11.8 Å².